The van der Waals surface area contributed by atoms with Gasteiger partial charge in [0.05, 0.1) is 10.6 Å². The Morgan fingerprint density at radius 3 is 2.89 bits per heavy atom. The molecule has 19 heavy (non-hydrogen) atoms. The quantitative estimate of drug-likeness (QED) is 0.853. The van der Waals surface area contributed by atoms with Crippen LogP contribution < -0.4 is 0 Å². The van der Waals surface area contributed by atoms with Crippen LogP contribution in [0.25, 0.3) is 0 Å². The van der Waals surface area contributed by atoms with Crippen LogP contribution in [-0.2, 0) is 6.54 Å². The summed E-state index contributed by atoms with van der Waals surface area (Å²) in [7, 11) is 1.75. The predicted molar refractivity (Wildman–Crippen MR) is 79.2 cm³/mol. The summed E-state index contributed by atoms with van der Waals surface area (Å²) in [6.07, 6.45) is 3.04. The summed E-state index contributed by atoms with van der Waals surface area (Å²) in [5, 5.41) is 0.369. The molecule has 0 fully saturated rings. The molecule has 2 aromatic rings. The first-order chi connectivity index (χ1) is 9.08. The Kier molecular flexibility index (Phi) is 4.56. The van der Waals surface area contributed by atoms with Crippen molar-refractivity contribution in [3.8, 4) is 0 Å². The molecule has 0 bridgehead atoms. The molecule has 0 saturated carbocycles. The first-order valence-electron chi connectivity index (χ1n) is 5.67. The normalized spacial score (nSPS) is 10.3. The maximum atomic E-state index is 12.3. The molecule has 1 aromatic heterocycles. The molecule has 0 aliphatic rings. The molecule has 0 radical (unpaired) electrons. The highest BCUT2D eigenvalue weighted by Crippen LogP contribution is 2.17. The van der Waals surface area contributed by atoms with E-state index in [2.05, 4.69) is 20.9 Å². The van der Waals surface area contributed by atoms with Gasteiger partial charge in [0.15, 0.2) is 0 Å². The molecular weight excluding hydrogens is 328 g/mol. The van der Waals surface area contributed by atoms with Crippen molar-refractivity contribution in [2.45, 2.75) is 6.54 Å². The van der Waals surface area contributed by atoms with Crippen LogP contribution in [0.2, 0.25) is 5.02 Å². The zero-order valence-corrected chi connectivity index (χ0v) is 12.6. The molecule has 0 aliphatic heterocycles. The largest absolute Gasteiger partial charge is 0.337 e. The van der Waals surface area contributed by atoms with Gasteiger partial charge in [-0.05, 0) is 23.8 Å². The summed E-state index contributed by atoms with van der Waals surface area (Å²) in [5.74, 6) is -0.118. The third kappa shape index (κ3) is 3.55. The lowest BCUT2D eigenvalue weighted by molar-refractivity contribution is 0.0785. The minimum atomic E-state index is -0.118. The number of hydrogen-bond acceptors (Lipinski definition) is 2. The molecule has 0 unspecified atom stereocenters. The summed E-state index contributed by atoms with van der Waals surface area (Å²) in [5.41, 5.74) is 1.52. The van der Waals surface area contributed by atoms with Gasteiger partial charge in [-0.2, -0.15) is 0 Å². The van der Waals surface area contributed by atoms with Crippen LogP contribution in [0.15, 0.2) is 47.2 Å². The molecular formula is C14H12BrClN2O. The van der Waals surface area contributed by atoms with Crippen LogP contribution in [0, 0.1) is 0 Å². The third-order valence-electron chi connectivity index (χ3n) is 2.66. The number of hydrogen-bond donors (Lipinski definition) is 0. The molecule has 0 aliphatic carbocycles. The summed E-state index contributed by atoms with van der Waals surface area (Å²) in [6.45, 7) is 0.525. The van der Waals surface area contributed by atoms with E-state index in [-0.39, 0.29) is 5.91 Å². The highest BCUT2D eigenvalue weighted by molar-refractivity contribution is 9.10. The van der Waals surface area contributed by atoms with Gasteiger partial charge in [-0.25, -0.2) is 0 Å². The fourth-order valence-electron chi connectivity index (χ4n) is 1.74. The van der Waals surface area contributed by atoms with E-state index in [4.69, 9.17) is 11.6 Å². The van der Waals surface area contributed by atoms with Gasteiger partial charge in [0.2, 0.25) is 0 Å². The molecule has 98 valence electrons. The van der Waals surface area contributed by atoms with Gasteiger partial charge >= 0.3 is 0 Å². The maximum Gasteiger partial charge on any atom is 0.255 e. The summed E-state index contributed by atoms with van der Waals surface area (Å²) < 4.78 is 0.993. The second-order valence-corrected chi connectivity index (χ2v) is 5.47. The summed E-state index contributed by atoms with van der Waals surface area (Å²) >= 11 is 9.39. The van der Waals surface area contributed by atoms with E-state index < -0.39 is 0 Å². The van der Waals surface area contributed by atoms with Crippen molar-refractivity contribution in [2.24, 2.45) is 0 Å². The van der Waals surface area contributed by atoms with E-state index in [0.29, 0.717) is 17.1 Å². The summed E-state index contributed by atoms with van der Waals surface area (Å²) in [6, 6.07) is 9.48. The number of aromatic nitrogens is 1. The molecule has 3 nitrogen and oxygen atoms in total. The van der Waals surface area contributed by atoms with E-state index >= 15 is 0 Å². The molecule has 0 saturated heterocycles. The fourth-order valence-corrected chi connectivity index (χ4v) is 2.38. The van der Waals surface area contributed by atoms with Gasteiger partial charge in [-0.3, -0.25) is 9.78 Å². The maximum absolute atomic E-state index is 12.3. The summed E-state index contributed by atoms with van der Waals surface area (Å²) in [4.78, 5) is 17.8. The van der Waals surface area contributed by atoms with Gasteiger partial charge in [0, 0.05) is 30.5 Å². The molecule has 1 aromatic carbocycles. The highest BCUT2D eigenvalue weighted by atomic mass is 79.9. The van der Waals surface area contributed by atoms with Crippen LogP contribution in [0.1, 0.15) is 15.9 Å². The van der Waals surface area contributed by atoms with Crippen molar-refractivity contribution in [1.82, 2.24) is 9.88 Å². The second-order valence-electron chi connectivity index (χ2n) is 4.15. The number of nitrogens with zero attached hydrogens (tertiary/aromatic N) is 2. The zero-order chi connectivity index (χ0) is 13.8. The Bertz CT molecular complexity index is 604. The molecule has 1 amide bonds. The highest BCUT2D eigenvalue weighted by Gasteiger charge is 2.15. The number of carbonyl (C=O) groups excluding carboxylic acids is 1. The van der Waals surface area contributed by atoms with Crippen molar-refractivity contribution < 1.29 is 4.79 Å². The number of rotatable bonds is 3. The Morgan fingerprint density at radius 2 is 2.21 bits per heavy atom. The standard InChI is InChI=1S/C14H12BrClN2O/c1-18(9-10-3-2-4-11(15)7-10)14(19)12-5-6-17-8-13(12)16/h2-8H,9H2,1H3. The van der Waals surface area contributed by atoms with Crippen LogP contribution in [0.3, 0.4) is 0 Å². The average Bonchev–Trinajstić information content (AvgIpc) is 2.38. The van der Waals surface area contributed by atoms with Crippen LogP contribution in [-0.4, -0.2) is 22.8 Å². The molecule has 0 atom stereocenters. The minimum absolute atomic E-state index is 0.118. The van der Waals surface area contributed by atoms with Crippen molar-refractivity contribution in [3.05, 3.63) is 63.3 Å². The van der Waals surface area contributed by atoms with E-state index in [1.807, 2.05) is 24.3 Å². The second kappa shape index (κ2) is 6.17. The molecule has 2 rings (SSSR count). The van der Waals surface area contributed by atoms with E-state index in [1.165, 1.54) is 6.20 Å². The van der Waals surface area contributed by atoms with Crippen LogP contribution in [0.5, 0.6) is 0 Å². The van der Waals surface area contributed by atoms with Crippen molar-refractivity contribution in [3.63, 3.8) is 0 Å². The first kappa shape index (κ1) is 14.0. The van der Waals surface area contributed by atoms with E-state index in [9.17, 15) is 4.79 Å². The van der Waals surface area contributed by atoms with Gasteiger partial charge in [-0.15, -0.1) is 0 Å². The minimum Gasteiger partial charge on any atom is -0.337 e. The van der Waals surface area contributed by atoms with Gasteiger partial charge < -0.3 is 4.90 Å². The lowest BCUT2D eigenvalue weighted by atomic mass is 10.2. The topological polar surface area (TPSA) is 33.2 Å². The molecule has 0 spiro atoms. The number of benzene rings is 1. The predicted octanol–water partition coefficient (Wildman–Crippen LogP) is 3.77. The van der Waals surface area contributed by atoms with Crippen molar-refractivity contribution in [2.75, 3.05) is 7.05 Å². The Hall–Kier alpha value is -1.39. The number of carbonyl (C=O) groups is 1. The van der Waals surface area contributed by atoms with Gasteiger partial charge in [0.25, 0.3) is 5.91 Å². The van der Waals surface area contributed by atoms with Crippen LogP contribution >= 0.6 is 27.5 Å². The SMILES string of the molecule is CN(Cc1cccc(Br)c1)C(=O)c1ccncc1Cl. The van der Waals surface area contributed by atoms with Crippen molar-refractivity contribution in [1.29, 1.82) is 0 Å². The average molecular weight is 340 g/mol. The smallest absolute Gasteiger partial charge is 0.255 e. The molecule has 0 N–H and O–H groups in total. The van der Waals surface area contributed by atoms with Crippen molar-refractivity contribution >= 4 is 33.4 Å². The van der Waals surface area contributed by atoms with Crippen LogP contribution in [0.4, 0.5) is 0 Å². The first-order valence-corrected chi connectivity index (χ1v) is 6.84. The number of halogens is 2. The lowest BCUT2D eigenvalue weighted by Crippen LogP contribution is -2.26. The third-order valence-corrected chi connectivity index (χ3v) is 3.45. The number of amides is 1. The van der Waals surface area contributed by atoms with E-state index in [1.54, 1.807) is 24.2 Å². The fraction of sp³-hybridized carbons (Fsp3) is 0.143. The Morgan fingerprint density at radius 1 is 1.42 bits per heavy atom. The lowest BCUT2D eigenvalue weighted by Gasteiger charge is -2.18. The number of pyridine rings is 1. The molecule has 5 heteroatoms. The Balaban J connectivity index is 2.14. The van der Waals surface area contributed by atoms with Gasteiger partial charge in [0.1, 0.15) is 0 Å². The zero-order valence-electron chi connectivity index (χ0n) is 10.3. The Labute approximate surface area is 125 Å². The van der Waals surface area contributed by atoms with E-state index in [0.717, 1.165) is 10.0 Å². The monoisotopic (exact) mass is 338 g/mol. The van der Waals surface area contributed by atoms with Gasteiger partial charge in [-0.1, -0.05) is 39.7 Å². The molecule has 1 heterocycles.